The lowest BCUT2D eigenvalue weighted by atomic mass is 9.96. The van der Waals surface area contributed by atoms with Crippen molar-refractivity contribution in [2.24, 2.45) is 0 Å². The standard InChI is InChI=1S/C11H18O4/c12-9-1-3-10(4-2-9)15-8-11-7-13-5-6-14-11/h10-11H,1-8H2. The Kier molecular flexibility index (Phi) is 4.11. The molecule has 1 aliphatic heterocycles. The van der Waals surface area contributed by atoms with E-state index in [0.29, 0.717) is 45.1 Å². The highest BCUT2D eigenvalue weighted by atomic mass is 16.6. The second kappa shape index (κ2) is 5.58. The Labute approximate surface area is 89.9 Å². The number of carbonyl (C=O) groups excluding carboxylic acids is 1. The third-order valence-electron chi connectivity index (χ3n) is 2.89. The number of ketones is 1. The molecule has 1 unspecified atom stereocenters. The molecule has 0 radical (unpaired) electrons. The maximum atomic E-state index is 11.0. The monoisotopic (exact) mass is 214 g/mol. The van der Waals surface area contributed by atoms with Crippen LogP contribution in [0.2, 0.25) is 0 Å². The van der Waals surface area contributed by atoms with Crippen molar-refractivity contribution in [1.82, 2.24) is 0 Å². The topological polar surface area (TPSA) is 44.8 Å². The average molecular weight is 214 g/mol. The summed E-state index contributed by atoms with van der Waals surface area (Å²) in [5, 5.41) is 0. The van der Waals surface area contributed by atoms with Crippen LogP contribution in [-0.4, -0.2) is 44.4 Å². The van der Waals surface area contributed by atoms with Crippen molar-refractivity contribution in [2.45, 2.75) is 37.9 Å². The van der Waals surface area contributed by atoms with Gasteiger partial charge in [-0.3, -0.25) is 4.79 Å². The van der Waals surface area contributed by atoms with E-state index < -0.39 is 0 Å². The van der Waals surface area contributed by atoms with Gasteiger partial charge in [-0.2, -0.15) is 0 Å². The first-order chi connectivity index (χ1) is 7.34. The Morgan fingerprint density at radius 1 is 1.27 bits per heavy atom. The third kappa shape index (κ3) is 3.55. The van der Waals surface area contributed by atoms with Gasteiger partial charge in [-0.05, 0) is 12.8 Å². The van der Waals surface area contributed by atoms with E-state index in [-0.39, 0.29) is 12.2 Å². The minimum Gasteiger partial charge on any atom is -0.376 e. The molecule has 2 aliphatic rings. The Hall–Kier alpha value is -0.450. The number of ether oxygens (including phenoxy) is 3. The Morgan fingerprint density at radius 3 is 2.73 bits per heavy atom. The minimum atomic E-state index is 0.0800. The number of hydrogen-bond acceptors (Lipinski definition) is 4. The molecule has 86 valence electrons. The third-order valence-corrected chi connectivity index (χ3v) is 2.89. The summed E-state index contributed by atoms with van der Waals surface area (Å²) in [7, 11) is 0. The zero-order valence-corrected chi connectivity index (χ0v) is 8.94. The van der Waals surface area contributed by atoms with Crippen molar-refractivity contribution >= 4 is 5.78 Å². The summed E-state index contributed by atoms with van der Waals surface area (Å²) < 4.78 is 16.5. The highest BCUT2D eigenvalue weighted by Gasteiger charge is 2.21. The van der Waals surface area contributed by atoms with Crippen molar-refractivity contribution in [1.29, 1.82) is 0 Å². The van der Waals surface area contributed by atoms with Gasteiger partial charge in [-0.25, -0.2) is 0 Å². The van der Waals surface area contributed by atoms with Crippen LogP contribution in [0.4, 0.5) is 0 Å². The number of hydrogen-bond donors (Lipinski definition) is 0. The summed E-state index contributed by atoms with van der Waals surface area (Å²) in [4.78, 5) is 11.0. The molecule has 0 amide bonds. The Balaban J connectivity index is 1.62. The molecule has 0 bridgehead atoms. The summed E-state index contributed by atoms with van der Waals surface area (Å²) in [5.41, 5.74) is 0. The molecule has 1 heterocycles. The molecule has 0 N–H and O–H groups in total. The van der Waals surface area contributed by atoms with Crippen LogP contribution in [0.3, 0.4) is 0 Å². The molecule has 15 heavy (non-hydrogen) atoms. The number of carbonyl (C=O) groups is 1. The molecule has 0 aromatic carbocycles. The quantitative estimate of drug-likeness (QED) is 0.701. The summed E-state index contributed by atoms with van der Waals surface area (Å²) in [6.07, 6.45) is 3.41. The molecule has 0 spiro atoms. The van der Waals surface area contributed by atoms with Crippen molar-refractivity contribution in [3.8, 4) is 0 Å². The zero-order chi connectivity index (χ0) is 10.5. The molecular formula is C11H18O4. The lowest BCUT2D eigenvalue weighted by Gasteiger charge is -2.26. The predicted molar refractivity (Wildman–Crippen MR) is 53.8 cm³/mol. The van der Waals surface area contributed by atoms with E-state index in [9.17, 15) is 4.79 Å². The molecule has 4 heteroatoms. The van der Waals surface area contributed by atoms with Gasteiger partial charge < -0.3 is 14.2 Å². The van der Waals surface area contributed by atoms with Gasteiger partial charge in [0.15, 0.2) is 0 Å². The van der Waals surface area contributed by atoms with E-state index in [4.69, 9.17) is 14.2 Å². The minimum absolute atomic E-state index is 0.0800. The van der Waals surface area contributed by atoms with E-state index >= 15 is 0 Å². The van der Waals surface area contributed by atoms with Crippen LogP contribution in [0.15, 0.2) is 0 Å². The first kappa shape index (κ1) is 11.0. The van der Waals surface area contributed by atoms with Gasteiger partial charge in [0.05, 0.1) is 32.5 Å². The molecule has 2 fully saturated rings. The lowest BCUT2D eigenvalue weighted by Crippen LogP contribution is -2.34. The predicted octanol–water partition coefficient (Wildman–Crippen LogP) is 0.930. The highest BCUT2D eigenvalue weighted by Crippen LogP contribution is 2.18. The van der Waals surface area contributed by atoms with Crippen molar-refractivity contribution in [2.75, 3.05) is 26.4 Å². The van der Waals surface area contributed by atoms with E-state index in [1.807, 2.05) is 0 Å². The maximum Gasteiger partial charge on any atom is 0.133 e. The van der Waals surface area contributed by atoms with Crippen LogP contribution in [0, 0.1) is 0 Å². The van der Waals surface area contributed by atoms with Gasteiger partial charge in [0, 0.05) is 12.8 Å². The van der Waals surface area contributed by atoms with Gasteiger partial charge in [0.25, 0.3) is 0 Å². The van der Waals surface area contributed by atoms with Gasteiger partial charge in [-0.1, -0.05) is 0 Å². The van der Waals surface area contributed by atoms with Crippen LogP contribution in [0.25, 0.3) is 0 Å². The van der Waals surface area contributed by atoms with Gasteiger partial charge in [0.1, 0.15) is 11.9 Å². The van der Waals surface area contributed by atoms with Crippen molar-refractivity contribution in [3.63, 3.8) is 0 Å². The number of rotatable bonds is 3. The van der Waals surface area contributed by atoms with Crippen LogP contribution < -0.4 is 0 Å². The normalized spacial score (nSPS) is 29.3. The van der Waals surface area contributed by atoms with Crippen molar-refractivity contribution < 1.29 is 19.0 Å². The average Bonchev–Trinajstić information content (AvgIpc) is 2.30. The largest absolute Gasteiger partial charge is 0.376 e. The van der Waals surface area contributed by atoms with E-state index in [1.165, 1.54) is 0 Å². The zero-order valence-electron chi connectivity index (χ0n) is 8.94. The first-order valence-corrected chi connectivity index (χ1v) is 5.67. The summed E-state index contributed by atoms with van der Waals surface area (Å²) in [5.74, 6) is 0.368. The molecular weight excluding hydrogens is 196 g/mol. The molecule has 4 nitrogen and oxygen atoms in total. The molecule has 2 rings (SSSR count). The van der Waals surface area contributed by atoms with Crippen LogP contribution in [0.5, 0.6) is 0 Å². The molecule has 1 atom stereocenters. The molecule has 1 saturated heterocycles. The summed E-state index contributed by atoms with van der Waals surface area (Å²) in [6.45, 7) is 2.58. The van der Waals surface area contributed by atoms with Crippen LogP contribution in [0.1, 0.15) is 25.7 Å². The molecule has 1 aliphatic carbocycles. The van der Waals surface area contributed by atoms with E-state index in [0.717, 1.165) is 12.8 Å². The lowest BCUT2D eigenvalue weighted by molar-refractivity contribution is -0.134. The smallest absolute Gasteiger partial charge is 0.133 e. The van der Waals surface area contributed by atoms with Gasteiger partial charge >= 0.3 is 0 Å². The molecule has 0 aromatic rings. The fourth-order valence-corrected chi connectivity index (χ4v) is 1.96. The Bertz CT molecular complexity index is 201. The van der Waals surface area contributed by atoms with E-state index in [2.05, 4.69) is 0 Å². The van der Waals surface area contributed by atoms with Crippen LogP contribution >= 0.6 is 0 Å². The van der Waals surface area contributed by atoms with Gasteiger partial charge in [-0.15, -0.1) is 0 Å². The van der Waals surface area contributed by atoms with Gasteiger partial charge in [0.2, 0.25) is 0 Å². The summed E-state index contributed by atoms with van der Waals surface area (Å²) in [6, 6.07) is 0. The maximum absolute atomic E-state index is 11.0. The Morgan fingerprint density at radius 2 is 2.07 bits per heavy atom. The second-order valence-electron chi connectivity index (χ2n) is 4.14. The second-order valence-corrected chi connectivity index (χ2v) is 4.14. The van der Waals surface area contributed by atoms with Crippen molar-refractivity contribution in [3.05, 3.63) is 0 Å². The molecule has 0 aromatic heterocycles. The van der Waals surface area contributed by atoms with Crippen LogP contribution in [-0.2, 0) is 19.0 Å². The summed E-state index contributed by atoms with van der Waals surface area (Å²) >= 11 is 0. The fourth-order valence-electron chi connectivity index (χ4n) is 1.96. The molecule has 1 saturated carbocycles. The SMILES string of the molecule is O=C1CCC(OCC2COCCO2)CC1. The fraction of sp³-hybridized carbons (Fsp3) is 0.909. The number of Topliss-reactive ketones (excluding diaryl/α,β-unsaturated/α-hetero) is 1. The first-order valence-electron chi connectivity index (χ1n) is 5.67. The highest BCUT2D eigenvalue weighted by molar-refractivity contribution is 5.79. The van der Waals surface area contributed by atoms with E-state index in [1.54, 1.807) is 0 Å².